The Morgan fingerprint density at radius 2 is 1.73 bits per heavy atom. The third kappa shape index (κ3) is 3.25. The lowest BCUT2D eigenvalue weighted by Gasteiger charge is -2.32. The molecule has 15 heavy (non-hydrogen) atoms. The number of hydrogen-bond acceptors (Lipinski definition) is 3. The predicted octanol–water partition coefficient (Wildman–Crippen LogP) is 0.279. The zero-order valence-electron chi connectivity index (χ0n) is 9.39. The number of aromatic nitrogens is 1. The van der Waals surface area contributed by atoms with Crippen LogP contribution in [0.5, 0.6) is 0 Å². The van der Waals surface area contributed by atoms with Gasteiger partial charge in [0.1, 0.15) is 0 Å². The van der Waals surface area contributed by atoms with Crippen LogP contribution in [0.15, 0.2) is 24.5 Å². The first-order valence-electron chi connectivity index (χ1n) is 5.62. The predicted molar refractivity (Wildman–Crippen MR) is 62.6 cm³/mol. The highest BCUT2D eigenvalue weighted by Crippen LogP contribution is 1.97. The maximum atomic E-state index is 3.34. The first-order chi connectivity index (χ1) is 7.34. The van der Waals surface area contributed by atoms with Gasteiger partial charge >= 0.3 is 0 Å². The number of rotatable bonds is 4. The van der Waals surface area contributed by atoms with Gasteiger partial charge in [-0.3, -0.25) is 9.58 Å². The summed E-state index contributed by atoms with van der Waals surface area (Å²) in [7, 11) is 2.19. The van der Waals surface area contributed by atoms with Crippen molar-refractivity contribution in [2.24, 2.45) is 0 Å². The molecule has 0 saturated carbocycles. The number of likely N-dealkylation sites (N-methyl/N-ethyl adjacent to an activating group) is 1. The Bertz CT molecular complexity index is 262. The smallest absolute Gasteiger partial charge is 0.0441 e. The van der Waals surface area contributed by atoms with Crippen molar-refractivity contribution in [2.75, 3.05) is 51.7 Å². The lowest BCUT2D eigenvalue weighted by Crippen LogP contribution is -2.46. The molecule has 2 rings (SSSR count). The van der Waals surface area contributed by atoms with Crippen LogP contribution < -0.4 is 5.43 Å². The molecule has 0 radical (unpaired) electrons. The van der Waals surface area contributed by atoms with Crippen molar-refractivity contribution in [1.29, 1.82) is 0 Å². The largest absolute Gasteiger partial charge is 0.325 e. The molecule has 0 aliphatic carbocycles. The maximum Gasteiger partial charge on any atom is 0.0441 e. The van der Waals surface area contributed by atoms with Crippen LogP contribution in [0.2, 0.25) is 0 Å². The topological polar surface area (TPSA) is 23.4 Å². The molecule has 1 N–H and O–H groups in total. The minimum Gasteiger partial charge on any atom is -0.325 e. The Hall–Kier alpha value is -1.00. The van der Waals surface area contributed by atoms with Crippen molar-refractivity contribution in [3.05, 3.63) is 24.5 Å². The Kier molecular flexibility index (Phi) is 3.64. The first kappa shape index (κ1) is 10.5. The molecular formula is C11H20N4. The second-order valence-electron chi connectivity index (χ2n) is 4.14. The van der Waals surface area contributed by atoms with Gasteiger partial charge in [-0.2, -0.15) is 0 Å². The molecule has 0 bridgehead atoms. The molecule has 1 aromatic rings. The van der Waals surface area contributed by atoms with Crippen molar-refractivity contribution in [3.8, 4) is 0 Å². The van der Waals surface area contributed by atoms with Gasteiger partial charge in [0, 0.05) is 51.7 Å². The molecule has 0 spiro atoms. The van der Waals surface area contributed by atoms with Crippen LogP contribution in [-0.4, -0.2) is 60.8 Å². The molecule has 4 heteroatoms. The highest BCUT2D eigenvalue weighted by atomic mass is 15.4. The van der Waals surface area contributed by atoms with Crippen LogP contribution in [0.1, 0.15) is 0 Å². The van der Waals surface area contributed by atoms with Gasteiger partial charge in [-0.05, 0) is 19.2 Å². The third-order valence-electron chi connectivity index (χ3n) is 2.92. The molecule has 0 unspecified atom stereocenters. The lowest BCUT2D eigenvalue weighted by molar-refractivity contribution is 0.158. The quantitative estimate of drug-likeness (QED) is 0.769. The van der Waals surface area contributed by atoms with Gasteiger partial charge in [0.25, 0.3) is 0 Å². The summed E-state index contributed by atoms with van der Waals surface area (Å²) in [4.78, 5) is 4.90. The summed E-state index contributed by atoms with van der Waals surface area (Å²) in [5, 5.41) is 0. The van der Waals surface area contributed by atoms with Gasteiger partial charge < -0.3 is 10.3 Å². The number of nitrogens with one attached hydrogen (secondary N) is 1. The van der Waals surface area contributed by atoms with Crippen molar-refractivity contribution < 1.29 is 0 Å². The first-order valence-corrected chi connectivity index (χ1v) is 5.62. The molecule has 1 fully saturated rings. The summed E-state index contributed by atoms with van der Waals surface area (Å²) in [5.41, 5.74) is 3.34. The normalized spacial score (nSPS) is 19.3. The van der Waals surface area contributed by atoms with E-state index in [1.165, 1.54) is 26.2 Å². The third-order valence-corrected chi connectivity index (χ3v) is 2.92. The van der Waals surface area contributed by atoms with Crippen molar-refractivity contribution in [1.82, 2.24) is 14.5 Å². The average molecular weight is 208 g/mol. The van der Waals surface area contributed by atoms with Crippen molar-refractivity contribution in [3.63, 3.8) is 0 Å². The summed E-state index contributed by atoms with van der Waals surface area (Å²) in [5.74, 6) is 0. The minimum absolute atomic E-state index is 1.01. The standard InChI is InChI=1S/C11H20N4/c1-13-8-10-14(11-9-13)7-4-12-15-5-2-3-6-15/h2-3,5-6,12H,4,7-11H2,1H3. The molecule has 2 heterocycles. The summed E-state index contributed by atoms with van der Waals surface area (Å²) < 4.78 is 2.01. The van der Waals surface area contributed by atoms with E-state index in [0.29, 0.717) is 0 Å². The Balaban J connectivity index is 1.62. The fraction of sp³-hybridized carbons (Fsp3) is 0.636. The number of hydrogen-bond donors (Lipinski definition) is 1. The summed E-state index contributed by atoms with van der Waals surface area (Å²) in [6.07, 6.45) is 4.06. The second-order valence-corrected chi connectivity index (χ2v) is 4.14. The lowest BCUT2D eigenvalue weighted by atomic mass is 10.3. The molecule has 84 valence electrons. The molecule has 0 atom stereocenters. The Labute approximate surface area is 91.4 Å². The monoisotopic (exact) mass is 208 g/mol. The zero-order chi connectivity index (χ0) is 10.5. The van der Waals surface area contributed by atoms with E-state index in [9.17, 15) is 0 Å². The second kappa shape index (κ2) is 5.19. The van der Waals surface area contributed by atoms with E-state index in [4.69, 9.17) is 0 Å². The van der Waals surface area contributed by atoms with Crippen LogP contribution in [0.4, 0.5) is 0 Å². The van der Waals surface area contributed by atoms with E-state index < -0.39 is 0 Å². The van der Waals surface area contributed by atoms with Crippen LogP contribution >= 0.6 is 0 Å². The fourth-order valence-electron chi connectivity index (χ4n) is 1.85. The van der Waals surface area contributed by atoms with Gasteiger partial charge in [0.15, 0.2) is 0 Å². The average Bonchev–Trinajstić information content (AvgIpc) is 2.74. The van der Waals surface area contributed by atoms with E-state index in [1.54, 1.807) is 0 Å². The molecule has 1 saturated heterocycles. The van der Waals surface area contributed by atoms with Gasteiger partial charge in [-0.15, -0.1) is 0 Å². The molecule has 1 aliphatic heterocycles. The molecule has 4 nitrogen and oxygen atoms in total. The van der Waals surface area contributed by atoms with E-state index in [-0.39, 0.29) is 0 Å². The van der Waals surface area contributed by atoms with Crippen LogP contribution in [0, 0.1) is 0 Å². The molecule has 0 amide bonds. The van der Waals surface area contributed by atoms with Crippen molar-refractivity contribution in [2.45, 2.75) is 0 Å². The summed E-state index contributed by atoms with van der Waals surface area (Å²) >= 11 is 0. The van der Waals surface area contributed by atoms with Gasteiger partial charge in [-0.25, -0.2) is 0 Å². The highest BCUT2D eigenvalue weighted by molar-refractivity contribution is 4.93. The number of piperazine rings is 1. The minimum atomic E-state index is 1.01. The number of nitrogens with zero attached hydrogens (tertiary/aromatic N) is 3. The zero-order valence-corrected chi connectivity index (χ0v) is 9.39. The van der Waals surface area contributed by atoms with Gasteiger partial charge in [0.2, 0.25) is 0 Å². The van der Waals surface area contributed by atoms with E-state index in [1.807, 2.05) is 29.2 Å². The van der Waals surface area contributed by atoms with Gasteiger partial charge in [0.05, 0.1) is 0 Å². The van der Waals surface area contributed by atoms with Gasteiger partial charge in [-0.1, -0.05) is 0 Å². The maximum absolute atomic E-state index is 3.34. The van der Waals surface area contributed by atoms with Crippen LogP contribution in [0.25, 0.3) is 0 Å². The van der Waals surface area contributed by atoms with Crippen LogP contribution in [0.3, 0.4) is 0 Å². The summed E-state index contributed by atoms with van der Waals surface area (Å²) in [6, 6.07) is 4.06. The van der Waals surface area contributed by atoms with E-state index in [2.05, 4.69) is 22.3 Å². The van der Waals surface area contributed by atoms with E-state index in [0.717, 1.165) is 13.1 Å². The highest BCUT2D eigenvalue weighted by Gasteiger charge is 2.12. The van der Waals surface area contributed by atoms with E-state index >= 15 is 0 Å². The molecule has 1 aromatic heterocycles. The Morgan fingerprint density at radius 1 is 1.07 bits per heavy atom. The summed E-state index contributed by atoms with van der Waals surface area (Å²) in [6.45, 7) is 6.94. The molecule has 1 aliphatic rings. The van der Waals surface area contributed by atoms with Crippen molar-refractivity contribution >= 4 is 0 Å². The fourth-order valence-corrected chi connectivity index (χ4v) is 1.85. The SMILES string of the molecule is CN1CCN(CCNn2cccc2)CC1. The Morgan fingerprint density at radius 3 is 2.40 bits per heavy atom. The van der Waals surface area contributed by atoms with Crippen LogP contribution in [-0.2, 0) is 0 Å². The molecular weight excluding hydrogens is 188 g/mol. The molecule has 0 aromatic carbocycles.